The summed E-state index contributed by atoms with van der Waals surface area (Å²) in [5, 5.41) is 0. The standard InChI is InChI=1S/C20H26N6O/c1-12-5-13(2)7-16(6-12)26-4-3-25(11-19(26)27)18-10-17(23-20(22)24-18)14-8-15(21)9-14/h5-7,10,14-15H,3-4,8-9,11,21H2,1-2H3,(H2,22,23,24). The molecular formula is C20H26N6O. The molecule has 2 fully saturated rings. The third-order valence-corrected chi connectivity index (χ3v) is 5.41. The summed E-state index contributed by atoms with van der Waals surface area (Å²) < 4.78 is 0. The van der Waals surface area contributed by atoms with Gasteiger partial charge in [-0.2, -0.15) is 4.98 Å². The zero-order valence-corrected chi connectivity index (χ0v) is 15.9. The van der Waals surface area contributed by atoms with Crippen molar-refractivity contribution >= 4 is 23.4 Å². The van der Waals surface area contributed by atoms with E-state index in [1.54, 1.807) is 0 Å². The number of anilines is 3. The van der Waals surface area contributed by atoms with Crippen LogP contribution in [0.4, 0.5) is 17.5 Å². The Bertz CT molecular complexity index is 857. The quantitative estimate of drug-likeness (QED) is 0.858. The highest BCUT2D eigenvalue weighted by molar-refractivity contribution is 5.97. The summed E-state index contributed by atoms with van der Waals surface area (Å²) >= 11 is 0. The molecule has 1 saturated heterocycles. The van der Waals surface area contributed by atoms with Gasteiger partial charge in [-0.1, -0.05) is 6.07 Å². The van der Waals surface area contributed by atoms with Crippen LogP contribution in [0.15, 0.2) is 24.3 Å². The molecule has 142 valence electrons. The molecule has 1 aromatic heterocycles. The van der Waals surface area contributed by atoms with Gasteiger partial charge < -0.3 is 21.3 Å². The molecule has 0 bridgehead atoms. The predicted molar refractivity (Wildman–Crippen MR) is 107 cm³/mol. The number of hydrogen-bond donors (Lipinski definition) is 2. The molecule has 2 aliphatic rings. The van der Waals surface area contributed by atoms with Crippen LogP contribution >= 0.6 is 0 Å². The number of benzene rings is 1. The van der Waals surface area contributed by atoms with Crippen LogP contribution in [0.25, 0.3) is 0 Å². The van der Waals surface area contributed by atoms with E-state index in [0.717, 1.165) is 41.2 Å². The van der Waals surface area contributed by atoms with Crippen LogP contribution in [0.3, 0.4) is 0 Å². The van der Waals surface area contributed by atoms with Crippen LogP contribution in [0.1, 0.15) is 35.6 Å². The third-order valence-electron chi connectivity index (χ3n) is 5.41. The van der Waals surface area contributed by atoms with E-state index in [9.17, 15) is 4.79 Å². The van der Waals surface area contributed by atoms with Crippen LogP contribution in [0.5, 0.6) is 0 Å². The smallest absolute Gasteiger partial charge is 0.246 e. The Kier molecular flexibility index (Phi) is 4.47. The van der Waals surface area contributed by atoms with Gasteiger partial charge in [0.1, 0.15) is 5.82 Å². The molecule has 4 rings (SSSR count). The van der Waals surface area contributed by atoms with E-state index in [-0.39, 0.29) is 24.4 Å². The summed E-state index contributed by atoms with van der Waals surface area (Å²) in [6.07, 6.45) is 1.85. The zero-order chi connectivity index (χ0) is 19.1. The van der Waals surface area contributed by atoms with Gasteiger partial charge >= 0.3 is 0 Å². The molecule has 1 aliphatic heterocycles. The van der Waals surface area contributed by atoms with E-state index in [1.165, 1.54) is 0 Å². The average molecular weight is 366 g/mol. The number of amides is 1. The Labute approximate surface area is 159 Å². The summed E-state index contributed by atoms with van der Waals surface area (Å²) in [5.74, 6) is 1.39. The first kappa shape index (κ1) is 17.7. The Hall–Kier alpha value is -2.67. The molecule has 1 aliphatic carbocycles. The average Bonchev–Trinajstić information content (AvgIpc) is 2.57. The molecule has 2 heterocycles. The summed E-state index contributed by atoms with van der Waals surface area (Å²) in [6.45, 7) is 5.71. The largest absolute Gasteiger partial charge is 0.368 e. The molecule has 0 atom stereocenters. The molecule has 1 saturated carbocycles. The van der Waals surface area contributed by atoms with Gasteiger partial charge in [-0.3, -0.25) is 4.79 Å². The number of nitrogens with two attached hydrogens (primary N) is 2. The molecular weight excluding hydrogens is 340 g/mol. The van der Waals surface area contributed by atoms with Crippen molar-refractivity contribution in [2.45, 2.75) is 38.6 Å². The summed E-state index contributed by atoms with van der Waals surface area (Å²) in [7, 11) is 0. The highest BCUT2D eigenvalue weighted by atomic mass is 16.2. The fraction of sp³-hybridized carbons (Fsp3) is 0.450. The number of piperazine rings is 1. The van der Waals surface area contributed by atoms with Gasteiger partial charge in [0.15, 0.2) is 0 Å². The van der Waals surface area contributed by atoms with Crippen molar-refractivity contribution in [3.8, 4) is 0 Å². The van der Waals surface area contributed by atoms with E-state index in [1.807, 2.05) is 15.9 Å². The molecule has 27 heavy (non-hydrogen) atoms. The highest BCUT2D eigenvalue weighted by Crippen LogP contribution is 2.36. The lowest BCUT2D eigenvalue weighted by atomic mass is 9.78. The maximum Gasteiger partial charge on any atom is 0.246 e. The lowest BCUT2D eigenvalue weighted by Gasteiger charge is -2.36. The lowest BCUT2D eigenvalue weighted by Crippen LogP contribution is -2.51. The van der Waals surface area contributed by atoms with Gasteiger partial charge in [0, 0.05) is 36.8 Å². The summed E-state index contributed by atoms with van der Waals surface area (Å²) in [5.41, 5.74) is 16.0. The van der Waals surface area contributed by atoms with Gasteiger partial charge in [0.2, 0.25) is 11.9 Å². The summed E-state index contributed by atoms with van der Waals surface area (Å²) in [6, 6.07) is 8.44. The van der Waals surface area contributed by atoms with E-state index in [0.29, 0.717) is 19.0 Å². The number of nitrogen functional groups attached to an aromatic ring is 1. The first-order valence-electron chi connectivity index (χ1n) is 9.42. The monoisotopic (exact) mass is 366 g/mol. The van der Waals surface area contributed by atoms with E-state index in [4.69, 9.17) is 11.5 Å². The molecule has 1 aromatic carbocycles. The fourth-order valence-electron chi connectivity index (χ4n) is 3.99. The molecule has 0 unspecified atom stereocenters. The van der Waals surface area contributed by atoms with Crippen molar-refractivity contribution in [2.75, 3.05) is 35.2 Å². The molecule has 7 nitrogen and oxygen atoms in total. The Morgan fingerprint density at radius 3 is 2.37 bits per heavy atom. The highest BCUT2D eigenvalue weighted by Gasteiger charge is 2.31. The number of hydrogen-bond acceptors (Lipinski definition) is 6. The van der Waals surface area contributed by atoms with E-state index < -0.39 is 0 Å². The first-order valence-corrected chi connectivity index (χ1v) is 9.42. The second-order valence-electron chi connectivity index (χ2n) is 7.75. The summed E-state index contributed by atoms with van der Waals surface area (Å²) in [4.78, 5) is 25.4. The van der Waals surface area contributed by atoms with E-state index >= 15 is 0 Å². The zero-order valence-electron chi connectivity index (χ0n) is 15.9. The second-order valence-corrected chi connectivity index (χ2v) is 7.75. The topological polar surface area (TPSA) is 101 Å². The van der Waals surface area contributed by atoms with Crippen LogP contribution in [0.2, 0.25) is 0 Å². The van der Waals surface area contributed by atoms with Crippen LogP contribution in [-0.2, 0) is 4.79 Å². The van der Waals surface area contributed by atoms with Gasteiger partial charge in [-0.25, -0.2) is 4.98 Å². The lowest BCUT2D eigenvalue weighted by molar-refractivity contribution is -0.117. The van der Waals surface area contributed by atoms with Crippen LogP contribution in [0, 0.1) is 13.8 Å². The number of carbonyl (C=O) groups is 1. The Morgan fingerprint density at radius 1 is 1.04 bits per heavy atom. The number of nitrogens with zero attached hydrogens (tertiary/aromatic N) is 4. The van der Waals surface area contributed by atoms with Gasteiger partial charge in [-0.15, -0.1) is 0 Å². The number of carbonyl (C=O) groups excluding carboxylic acids is 1. The third kappa shape index (κ3) is 3.60. The molecule has 0 spiro atoms. The van der Waals surface area contributed by atoms with Crippen molar-refractivity contribution in [2.24, 2.45) is 5.73 Å². The minimum absolute atomic E-state index is 0.0654. The molecule has 1 amide bonds. The van der Waals surface area contributed by atoms with Gasteiger partial charge in [0.25, 0.3) is 0 Å². The predicted octanol–water partition coefficient (Wildman–Crippen LogP) is 1.73. The van der Waals surface area contributed by atoms with Crippen molar-refractivity contribution in [3.05, 3.63) is 41.1 Å². The first-order chi connectivity index (χ1) is 12.9. The second kappa shape index (κ2) is 6.81. The maximum atomic E-state index is 12.8. The number of aromatic nitrogens is 2. The minimum Gasteiger partial charge on any atom is -0.368 e. The minimum atomic E-state index is 0.0654. The molecule has 2 aromatic rings. The molecule has 0 radical (unpaired) electrons. The SMILES string of the molecule is Cc1cc(C)cc(N2CCN(c3cc(C4CC(N)C4)nc(N)n3)CC2=O)c1. The van der Waals surface area contributed by atoms with Crippen LogP contribution < -0.4 is 21.3 Å². The molecule has 7 heteroatoms. The van der Waals surface area contributed by atoms with Crippen molar-refractivity contribution in [1.82, 2.24) is 9.97 Å². The maximum absolute atomic E-state index is 12.8. The Balaban J connectivity index is 1.52. The molecule has 4 N–H and O–H groups in total. The van der Waals surface area contributed by atoms with Crippen molar-refractivity contribution < 1.29 is 4.79 Å². The van der Waals surface area contributed by atoms with Crippen molar-refractivity contribution in [1.29, 1.82) is 0 Å². The number of rotatable bonds is 3. The Morgan fingerprint density at radius 2 is 1.74 bits per heavy atom. The van der Waals surface area contributed by atoms with Gasteiger partial charge in [-0.05, 0) is 49.9 Å². The van der Waals surface area contributed by atoms with Gasteiger partial charge in [0.05, 0.1) is 12.2 Å². The van der Waals surface area contributed by atoms with Crippen molar-refractivity contribution in [3.63, 3.8) is 0 Å². The van der Waals surface area contributed by atoms with E-state index in [2.05, 4.69) is 42.0 Å². The normalized spacial score (nSPS) is 22.7. The number of aryl methyl sites for hydroxylation is 2. The fourth-order valence-corrected chi connectivity index (χ4v) is 3.99. The van der Waals surface area contributed by atoms with Crippen LogP contribution in [-0.4, -0.2) is 41.6 Å².